The van der Waals surface area contributed by atoms with Crippen LogP contribution in [0.1, 0.15) is 27.7 Å². The van der Waals surface area contributed by atoms with E-state index in [0.29, 0.717) is 17.5 Å². The molecule has 0 saturated heterocycles. The van der Waals surface area contributed by atoms with Crippen LogP contribution in [0.25, 0.3) is 11.4 Å². The summed E-state index contributed by atoms with van der Waals surface area (Å²) in [6.45, 7) is 8.37. The number of hydrogen-bond acceptors (Lipinski definition) is 7. The Bertz CT molecular complexity index is 1260. The monoisotopic (exact) mass is 485 g/mol. The van der Waals surface area contributed by atoms with Crippen molar-refractivity contribution in [2.75, 3.05) is 22.9 Å². The fourth-order valence-electron chi connectivity index (χ4n) is 3.55. The molecule has 1 aromatic carbocycles. The maximum absolute atomic E-state index is 13.3. The van der Waals surface area contributed by atoms with Crippen molar-refractivity contribution in [2.24, 2.45) is 18.9 Å². The predicted molar refractivity (Wildman–Crippen MR) is 135 cm³/mol. The zero-order valence-electron chi connectivity index (χ0n) is 20.1. The van der Waals surface area contributed by atoms with Crippen molar-refractivity contribution < 1.29 is 4.79 Å². The summed E-state index contributed by atoms with van der Waals surface area (Å²) in [5, 5.41) is 9.04. The number of aromatic amines is 1. The van der Waals surface area contributed by atoms with E-state index in [1.54, 1.807) is 0 Å². The summed E-state index contributed by atoms with van der Waals surface area (Å²) in [7, 11) is 1.84. The van der Waals surface area contributed by atoms with E-state index in [-0.39, 0.29) is 41.5 Å². The first-order valence-electron chi connectivity index (χ1n) is 11.1. The molecule has 2 heterocycles. The number of nitrogens with two attached hydrogens (primary N) is 1. The van der Waals surface area contributed by atoms with Gasteiger partial charge in [-0.1, -0.05) is 69.8 Å². The molecule has 1 amide bonds. The summed E-state index contributed by atoms with van der Waals surface area (Å²) in [4.78, 5) is 42.1. The Hall–Kier alpha value is -3.34. The summed E-state index contributed by atoms with van der Waals surface area (Å²) in [5.74, 6) is 0.587. The Kier molecular flexibility index (Phi) is 7.98. The van der Waals surface area contributed by atoms with Crippen LogP contribution in [-0.4, -0.2) is 42.5 Å². The van der Waals surface area contributed by atoms with Crippen molar-refractivity contribution >= 4 is 29.2 Å². The van der Waals surface area contributed by atoms with Crippen molar-refractivity contribution in [3.8, 4) is 11.4 Å². The van der Waals surface area contributed by atoms with Crippen molar-refractivity contribution in [3.05, 3.63) is 51.2 Å². The molecule has 3 rings (SSSR count). The summed E-state index contributed by atoms with van der Waals surface area (Å²) in [6, 6.07) is 9.65. The molecule has 11 heteroatoms. The maximum Gasteiger partial charge on any atom is 0.330 e. The van der Waals surface area contributed by atoms with Gasteiger partial charge in [-0.05, 0) is 11.8 Å². The molecule has 2 aromatic heterocycles. The number of hydrogen-bond donors (Lipinski definition) is 2. The van der Waals surface area contributed by atoms with Gasteiger partial charge in [0.25, 0.3) is 5.56 Å². The number of nitrogens with zero attached hydrogens (tertiary/aromatic N) is 5. The van der Waals surface area contributed by atoms with E-state index in [1.165, 1.54) is 21.2 Å². The van der Waals surface area contributed by atoms with Crippen LogP contribution in [0.5, 0.6) is 0 Å². The molecule has 0 fully saturated rings. The minimum Gasteiger partial charge on any atom is -0.383 e. The molecule has 34 heavy (non-hydrogen) atoms. The number of nitrogen functional groups attached to an aromatic ring is 1. The molecule has 0 unspecified atom stereocenters. The van der Waals surface area contributed by atoms with E-state index in [1.807, 2.05) is 69.6 Å². The van der Waals surface area contributed by atoms with Crippen LogP contribution >= 0.6 is 11.8 Å². The number of H-pyrrole nitrogens is 1. The van der Waals surface area contributed by atoms with Crippen molar-refractivity contribution in [2.45, 2.75) is 39.4 Å². The van der Waals surface area contributed by atoms with Gasteiger partial charge in [-0.15, -0.1) is 10.2 Å². The number of amides is 1. The molecule has 3 aromatic rings. The van der Waals surface area contributed by atoms with Crippen LogP contribution in [0.2, 0.25) is 0 Å². The number of carbonyl (C=O) groups excluding carboxylic acids is 1. The number of rotatable bonds is 9. The van der Waals surface area contributed by atoms with Gasteiger partial charge in [0, 0.05) is 25.7 Å². The Morgan fingerprint density at radius 3 is 2.41 bits per heavy atom. The van der Waals surface area contributed by atoms with Gasteiger partial charge < -0.3 is 15.2 Å². The summed E-state index contributed by atoms with van der Waals surface area (Å²) in [6.07, 6.45) is 0. The van der Waals surface area contributed by atoms with Gasteiger partial charge in [0.2, 0.25) is 5.91 Å². The predicted octanol–water partition coefficient (Wildman–Crippen LogP) is 2.35. The number of carbonyl (C=O) groups is 1. The smallest absolute Gasteiger partial charge is 0.330 e. The van der Waals surface area contributed by atoms with Gasteiger partial charge in [-0.2, -0.15) is 0 Å². The van der Waals surface area contributed by atoms with Gasteiger partial charge >= 0.3 is 5.69 Å². The maximum atomic E-state index is 13.3. The van der Waals surface area contributed by atoms with Crippen molar-refractivity contribution in [1.82, 2.24) is 24.3 Å². The van der Waals surface area contributed by atoms with E-state index in [4.69, 9.17) is 5.73 Å². The molecule has 0 aliphatic carbocycles. The van der Waals surface area contributed by atoms with E-state index >= 15 is 0 Å². The van der Waals surface area contributed by atoms with Gasteiger partial charge in [0.1, 0.15) is 5.82 Å². The second-order valence-corrected chi connectivity index (χ2v) is 9.86. The lowest BCUT2D eigenvalue weighted by Crippen LogP contribution is -2.43. The summed E-state index contributed by atoms with van der Waals surface area (Å²) >= 11 is 1.23. The number of thioether (sulfide) groups is 1. The highest BCUT2D eigenvalue weighted by molar-refractivity contribution is 7.99. The molecule has 10 nitrogen and oxygen atoms in total. The van der Waals surface area contributed by atoms with E-state index in [2.05, 4.69) is 15.2 Å². The first-order valence-corrected chi connectivity index (χ1v) is 12.1. The number of aromatic nitrogens is 5. The Labute approximate surface area is 202 Å². The van der Waals surface area contributed by atoms with Gasteiger partial charge in [-0.25, -0.2) is 4.79 Å². The minimum atomic E-state index is -0.675. The highest BCUT2D eigenvalue weighted by Gasteiger charge is 2.26. The topological polar surface area (TPSA) is 132 Å². The van der Waals surface area contributed by atoms with Crippen molar-refractivity contribution in [3.63, 3.8) is 0 Å². The van der Waals surface area contributed by atoms with E-state index < -0.39 is 11.2 Å². The van der Waals surface area contributed by atoms with E-state index in [9.17, 15) is 14.4 Å². The third-order valence-electron chi connectivity index (χ3n) is 5.07. The van der Waals surface area contributed by atoms with Crippen LogP contribution < -0.4 is 21.9 Å². The average Bonchev–Trinajstić information content (AvgIpc) is 3.14. The molecule has 0 atom stereocenters. The molecule has 0 aliphatic heterocycles. The third-order valence-corrected chi connectivity index (χ3v) is 6.08. The average molecular weight is 486 g/mol. The molecule has 0 bridgehead atoms. The van der Waals surface area contributed by atoms with Gasteiger partial charge in [0.15, 0.2) is 16.7 Å². The standard InChI is InChI=1S/C23H31N7O3S/c1-14(2)11-29(18-19(24)30(12-15(3)4)22(33)25-21(18)32)17(31)13-34-23-27-26-20(28(23)5)16-9-7-6-8-10-16/h6-10,14-15H,11-13,24H2,1-5H3,(H,25,32,33). The molecule has 0 spiro atoms. The van der Waals surface area contributed by atoms with Crippen molar-refractivity contribution in [1.29, 1.82) is 0 Å². The second-order valence-electron chi connectivity index (χ2n) is 8.92. The Morgan fingerprint density at radius 1 is 1.12 bits per heavy atom. The second kappa shape index (κ2) is 10.7. The molecular formula is C23H31N7O3S. The highest BCUT2D eigenvalue weighted by Crippen LogP contribution is 2.25. The number of nitrogens with one attached hydrogen (secondary N) is 1. The number of anilines is 2. The zero-order valence-corrected chi connectivity index (χ0v) is 20.9. The number of benzene rings is 1. The minimum absolute atomic E-state index is 0.00231. The summed E-state index contributed by atoms with van der Waals surface area (Å²) < 4.78 is 3.13. The quantitative estimate of drug-likeness (QED) is 0.445. The van der Waals surface area contributed by atoms with Crippen LogP contribution in [0.3, 0.4) is 0 Å². The molecule has 3 N–H and O–H groups in total. The summed E-state index contributed by atoms with van der Waals surface area (Å²) in [5.41, 5.74) is 5.93. The largest absolute Gasteiger partial charge is 0.383 e. The third kappa shape index (κ3) is 5.58. The lowest BCUT2D eigenvalue weighted by atomic mass is 10.2. The fraction of sp³-hybridized carbons (Fsp3) is 0.435. The molecule has 0 saturated carbocycles. The lowest BCUT2D eigenvalue weighted by Gasteiger charge is -2.26. The lowest BCUT2D eigenvalue weighted by molar-refractivity contribution is -0.116. The highest BCUT2D eigenvalue weighted by atomic mass is 32.2. The Morgan fingerprint density at radius 2 is 1.79 bits per heavy atom. The van der Waals surface area contributed by atoms with Crippen LogP contribution in [0, 0.1) is 11.8 Å². The van der Waals surface area contributed by atoms with Crippen LogP contribution in [-0.2, 0) is 18.4 Å². The first kappa shape index (κ1) is 25.3. The van der Waals surface area contributed by atoms with E-state index in [0.717, 1.165) is 5.56 Å². The fourth-order valence-corrected chi connectivity index (χ4v) is 4.34. The van der Waals surface area contributed by atoms with Crippen LogP contribution in [0.15, 0.2) is 45.1 Å². The zero-order chi connectivity index (χ0) is 25.0. The van der Waals surface area contributed by atoms with Crippen LogP contribution in [0.4, 0.5) is 11.5 Å². The Balaban J connectivity index is 1.89. The first-order chi connectivity index (χ1) is 16.1. The molecule has 0 radical (unpaired) electrons. The van der Waals surface area contributed by atoms with Gasteiger partial charge in [-0.3, -0.25) is 19.1 Å². The SMILES string of the molecule is CC(C)CN(C(=O)CSc1nnc(-c2ccccc2)n1C)c1c(N)n(CC(C)C)c(=O)[nH]c1=O. The molecule has 182 valence electrons. The van der Waals surface area contributed by atoms with Gasteiger partial charge in [0.05, 0.1) is 5.75 Å². The molecule has 0 aliphatic rings. The molecular weight excluding hydrogens is 454 g/mol. The normalized spacial score (nSPS) is 11.4.